The van der Waals surface area contributed by atoms with Crippen LogP contribution < -0.4 is 16.6 Å². The Bertz CT molecular complexity index is 892. The van der Waals surface area contributed by atoms with Gasteiger partial charge in [0.1, 0.15) is 5.82 Å². The smallest absolute Gasteiger partial charge is 0.312 e. The number of carbonyl (C=O) groups excluding carboxylic acids is 1. The van der Waals surface area contributed by atoms with Gasteiger partial charge in [0.2, 0.25) is 5.91 Å². The molecule has 1 aliphatic heterocycles. The molecule has 0 aliphatic carbocycles. The van der Waals surface area contributed by atoms with Crippen LogP contribution in [0.2, 0.25) is 0 Å². The molecule has 1 aromatic carbocycles. The molecule has 2 aromatic rings. The van der Waals surface area contributed by atoms with Crippen molar-refractivity contribution in [3.8, 4) is 0 Å². The molecule has 0 fully saturated rings. The number of nitrogens with one attached hydrogen (secondary N) is 1. The predicted octanol–water partition coefficient (Wildman–Crippen LogP) is 0.867. The van der Waals surface area contributed by atoms with Crippen molar-refractivity contribution in [2.45, 2.75) is 19.3 Å². The van der Waals surface area contributed by atoms with Gasteiger partial charge in [-0.1, -0.05) is 29.8 Å². The van der Waals surface area contributed by atoms with Gasteiger partial charge >= 0.3 is 5.69 Å². The lowest BCUT2D eigenvalue weighted by Gasteiger charge is -2.27. The molecule has 1 aliphatic rings. The van der Waals surface area contributed by atoms with E-state index in [-0.39, 0.29) is 23.8 Å². The molecule has 22 heavy (non-hydrogen) atoms. The third-order valence-corrected chi connectivity index (χ3v) is 4.14. The molecular formula is C16H17N3O3. The van der Waals surface area contributed by atoms with E-state index in [0.717, 1.165) is 15.7 Å². The van der Waals surface area contributed by atoms with Gasteiger partial charge in [0.05, 0.1) is 5.56 Å². The van der Waals surface area contributed by atoms with Gasteiger partial charge in [-0.3, -0.25) is 18.7 Å². The molecule has 0 unspecified atom stereocenters. The third-order valence-electron chi connectivity index (χ3n) is 4.14. The Kier molecular flexibility index (Phi) is 3.24. The van der Waals surface area contributed by atoms with E-state index in [1.54, 1.807) is 7.05 Å². The highest BCUT2D eigenvalue weighted by Gasteiger charge is 2.32. The minimum atomic E-state index is -0.450. The average molecular weight is 299 g/mol. The lowest BCUT2D eigenvalue weighted by molar-refractivity contribution is -0.116. The van der Waals surface area contributed by atoms with Gasteiger partial charge in [-0.25, -0.2) is 4.79 Å². The molecule has 6 heteroatoms. The van der Waals surface area contributed by atoms with Gasteiger partial charge in [-0.15, -0.1) is 0 Å². The molecule has 0 saturated carbocycles. The van der Waals surface area contributed by atoms with Crippen molar-refractivity contribution in [3.63, 3.8) is 0 Å². The summed E-state index contributed by atoms with van der Waals surface area (Å²) in [6.45, 7) is 1.96. The molecule has 0 bridgehead atoms. The summed E-state index contributed by atoms with van der Waals surface area (Å²) in [5.41, 5.74) is 1.63. The summed E-state index contributed by atoms with van der Waals surface area (Å²) in [6, 6.07) is 7.75. The van der Waals surface area contributed by atoms with Gasteiger partial charge in [-0.05, 0) is 12.5 Å². The fourth-order valence-electron chi connectivity index (χ4n) is 2.98. The summed E-state index contributed by atoms with van der Waals surface area (Å²) in [5.74, 6) is -0.229. The maximum Gasteiger partial charge on any atom is 0.332 e. The number of fused-ring (bicyclic) bond motifs is 1. The maximum atomic E-state index is 12.6. The second-order valence-electron chi connectivity index (χ2n) is 5.69. The van der Waals surface area contributed by atoms with E-state index < -0.39 is 5.69 Å². The first-order valence-electron chi connectivity index (χ1n) is 7.06. The van der Waals surface area contributed by atoms with E-state index >= 15 is 0 Å². The maximum absolute atomic E-state index is 12.6. The van der Waals surface area contributed by atoms with Crippen LogP contribution in [0.4, 0.5) is 5.82 Å². The first kappa shape index (κ1) is 14.3. The first-order valence-corrected chi connectivity index (χ1v) is 7.06. The molecule has 1 amide bonds. The predicted molar refractivity (Wildman–Crippen MR) is 83.2 cm³/mol. The first-order chi connectivity index (χ1) is 10.4. The molecule has 1 aromatic heterocycles. The summed E-state index contributed by atoms with van der Waals surface area (Å²) in [7, 11) is 3.01. The van der Waals surface area contributed by atoms with Crippen molar-refractivity contribution >= 4 is 11.7 Å². The highest BCUT2D eigenvalue weighted by molar-refractivity contribution is 5.94. The van der Waals surface area contributed by atoms with E-state index in [4.69, 9.17) is 0 Å². The van der Waals surface area contributed by atoms with Crippen molar-refractivity contribution in [1.29, 1.82) is 0 Å². The molecule has 1 atom stereocenters. The normalized spacial score (nSPS) is 17.0. The second kappa shape index (κ2) is 4.98. The molecule has 114 valence electrons. The van der Waals surface area contributed by atoms with Crippen LogP contribution in [-0.2, 0) is 18.9 Å². The van der Waals surface area contributed by atoms with Gasteiger partial charge in [0.25, 0.3) is 5.56 Å². The number of nitrogens with zero attached hydrogens (tertiary/aromatic N) is 2. The third kappa shape index (κ3) is 2.07. The number of anilines is 1. The van der Waals surface area contributed by atoms with Crippen LogP contribution in [0.15, 0.2) is 33.9 Å². The van der Waals surface area contributed by atoms with Crippen molar-refractivity contribution < 1.29 is 4.79 Å². The topological polar surface area (TPSA) is 73.1 Å². The number of aromatic nitrogens is 2. The highest BCUT2D eigenvalue weighted by atomic mass is 16.2. The number of carbonyl (C=O) groups is 1. The van der Waals surface area contributed by atoms with E-state index in [0.29, 0.717) is 11.4 Å². The minimum Gasteiger partial charge on any atom is -0.312 e. The molecule has 2 heterocycles. The van der Waals surface area contributed by atoms with Gasteiger partial charge in [-0.2, -0.15) is 0 Å². The summed E-state index contributed by atoms with van der Waals surface area (Å²) >= 11 is 0. The molecule has 1 N–H and O–H groups in total. The van der Waals surface area contributed by atoms with Gasteiger partial charge < -0.3 is 5.32 Å². The van der Waals surface area contributed by atoms with Crippen molar-refractivity contribution in [3.05, 3.63) is 61.8 Å². The average Bonchev–Trinajstić information content (AvgIpc) is 2.50. The highest BCUT2D eigenvalue weighted by Crippen LogP contribution is 2.34. The number of rotatable bonds is 1. The van der Waals surface area contributed by atoms with Crippen LogP contribution in [0.1, 0.15) is 29.0 Å². The Morgan fingerprint density at radius 2 is 1.86 bits per heavy atom. The zero-order valence-corrected chi connectivity index (χ0v) is 12.7. The number of hydrogen-bond donors (Lipinski definition) is 1. The van der Waals surface area contributed by atoms with Crippen LogP contribution in [0.25, 0.3) is 0 Å². The number of benzene rings is 1. The molecule has 3 rings (SSSR count). The fourth-order valence-corrected chi connectivity index (χ4v) is 2.98. The fraction of sp³-hybridized carbons (Fsp3) is 0.312. The summed E-state index contributed by atoms with van der Waals surface area (Å²) in [4.78, 5) is 36.6. The summed E-state index contributed by atoms with van der Waals surface area (Å²) in [5, 5.41) is 2.66. The SMILES string of the molecule is Cc1cccc([C@H]2CC(=O)Nc3c2c(=O)n(C)c(=O)n3C)c1. The van der Waals surface area contributed by atoms with E-state index in [9.17, 15) is 14.4 Å². The van der Waals surface area contributed by atoms with E-state index in [1.165, 1.54) is 11.6 Å². The minimum absolute atomic E-state index is 0.192. The Morgan fingerprint density at radius 3 is 2.55 bits per heavy atom. The molecule has 0 saturated heterocycles. The second-order valence-corrected chi connectivity index (χ2v) is 5.69. The number of amides is 1. The lowest BCUT2D eigenvalue weighted by atomic mass is 9.86. The van der Waals surface area contributed by atoms with Crippen molar-refractivity contribution in [2.75, 3.05) is 5.32 Å². The quantitative estimate of drug-likeness (QED) is 0.849. The Balaban J connectivity index is 2.33. The van der Waals surface area contributed by atoms with E-state index in [2.05, 4.69) is 5.32 Å². The van der Waals surface area contributed by atoms with Crippen LogP contribution in [0.3, 0.4) is 0 Å². The van der Waals surface area contributed by atoms with Gasteiger partial charge in [0.15, 0.2) is 0 Å². The molecule has 0 spiro atoms. The van der Waals surface area contributed by atoms with Crippen molar-refractivity contribution in [1.82, 2.24) is 9.13 Å². The standard InChI is InChI=1S/C16H17N3O3/c1-9-5-4-6-10(7-9)11-8-12(20)17-14-13(11)15(21)19(3)16(22)18(14)2/h4-7,11H,8H2,1-3H3,(H,17,20)/t11-/m1/s1. The molecule has 0 radical (unpaired) electrons. The van der Waals surface area contributed by atoms with Crippen LogP contribution >= 0.6 is 0 Å². The molecule has 6 nitrogen and oxygen atoms in total. The Morgan fingerprint density at radius 1 is 1.14 bits per heavy atom. The van der Waals surface area contributed by atoms with Crippen molar-refractivity contribution in [2.24, 2.45) is 14.1 Å². The largest absolute Gasteiger partial charge is 0.332 e. The van der Waals surface area contributed by atoms with Crippen LogP contribution in [0, 0.1) is 6.92 Å². The monoisotopic (exact) mass is 299 g/mol. The summed E-state index contributed by atoms with van der Waals surface area (Å²) < 4.78 is 2.40. The summed E-state index contributed by atoms with van der Waals surface area (Å²) in [6.07, 6.45) is 0.198. The lowest BCUT2D eigenvalue weighted by Crippen LogP contribution is -2.44. The zero-order valence-electron chi connectivity index (χ0n) is 12.7. The Labute approximate surface area is 127 Å². The Hall–Kier alpha value is -2.63. The van der Waals surface area contributed by atoms with E-state index in [1.807, 2.05) is 31.2 Å². The van der Waals surface area contributed by atoms with Crippen LogP contribution in [-0.4, -0.2) is 15.0 Å². The number of hydrogen-bond acceptors (Lipinski definition) is 3. The van der Waals surface area contributed by atoms with Crippen LogP contribution in [0.5, 0.6) is 0 Å². The zero-order chi connectivity index (χ0) is 16.0. The van der Waals surface area contributed by atoms with Gasteiger partial charge in [0, 0.05) is 26.4 Å². The molecular weight excluding hydrogens is 282 g/mol. The number of aryl methyl sites for hydroxylation is 1.